The number of piperidine rings is 1. The minimum absolute atomic E-state index is 0.0587. The third-order valence-corrected chi connectivity index (χ3v) is 5.18. The first-order valence-electron chi connectivity index (χ1n) is 6.55. The molecule has 0 radical (unpaired) electrons. The van der Waals surface area contributed by atoms with E-state index >= 15 is 0 Å². The zero-order valence-electron chi connectivity index (χ0n) is 11.6. The van der Waals surface area contributed by atoms with Gasteiger partial charge in [-0.1, -0.05) is 6.92 Å². The van der Waals surface area contributed by atoms with Crippen LogP contribution < -0.4 is 10.5 Å². The molecule has 7 heteroatoms. The van der Waals surface area contributed by atoms with E-state index in [1.54, 1.807) is 0 Å². The van der Waals surface area contributed by atoms with Crippen molar-refractivity contribution in [3.05, 3.63) is 24.0 Å². The number of anilines is 1. The van der Waals surface area contributed by atoms with Gasteiger partial charge in [-0.2, -0.15) is 0 Å². The van der Waals surface area contributed by atoms with E-state index < -0.39 is 15.8 Å². The molecule has 112 valence electrons. The van der Waals surface area contributed by atoms with Crippen LogP contribution in [-0.4, -0.2) is 39.5 Å². The summed E-state index contributed by atoms with van der Waals surface area (Å²) in [5, 5.41) is 0. The fourth-order valence-electron chi connectivity index (χ4n) is 2.47. The van der Waals surface area contributed by atoms with Crippen LogP contribution in [0.25, 0.3) is 0 Å². The van der Waals surface area contributed by atoms with Crippen LogP contribution in [0.4, 0.5) is 10.1 Å². The average molecular weight is 301 g/mol. The van der Waals surface area contributed by atoms with Gasteiger partial charge in [0.25, 0.3) is 0 Å². The molecule has 1 aromatic rings. The molecule has 1 heterocycles. The molecular weight excluding hydrogens is 281 g/mol. The van der Waals surface area contributed by atoms with E-state index in [2.05, 4.69) is 9.62 Å². The maximum Gasteiger partial charge on any atom is 0.240 e. The summed E-state index contributed by atoms with van der Waals surface area (Å²) in [5.74, 6) is -0.508. The second-order valence-electron chi connectivity index (χ2n) is 5.44. The Morgan fingerprint density at radius 3 is 2.75 bits per heavy atom. The van der Waals surface area contributed by atoms with Gasteiger partial charge in [-0.25, -0.2) is 17.5 Å². The van der Waals surface area contributed by atoms with Crippen molar-refractivity contribution in [1.82, 2.24) is 9.62 Å². The number of halogens is 1. The van der Waals surface area contributed by atoms with Crippen molar-refractivity contribution in [3.8, 4) is 0 Å². The molecule has 1 saturated heterocycles. The Hall–Kier alpha value is -1.18. The molecule has 1 aliphatic rings. The van der Waals surface area contributed by atoms with Crippen molar-refractivity contribution in [2.75, 3.05) is 25.9 Å². The van der Waals surface area contributed by atoms with Crippen LogP contribution in [0.5, 0.6) is 0 Å². The maximum atomic E-state index is 13.4. The van der Waals surface area contributed by atoms with Crippen LogP contribution >= 0.6 is 0 Å². The minimum atomic E-state index is -3.71. The topological polar surface area (TPSA) is 75.4 Å². The van der Waals surface area contributed by atoms with Crippen molar-refractivity contribution in [2.45, 2.75) is 24.3 Å². The predicted octanol–water partition coefficient (Wildman–Crippen LogP) is 1.03. The first-order chi connectivity index (χ1) is 9.29. The molecule has 0 amide bonds. The Morgan fingerprint density at radius 1 is 1.45 bits per heavy atom. The summed E-state index contributed by atoms with van der Waals surface area (Å²) in [4.78, 5) is 2.08. The van der Waals surface area contributed by atoms with Crippen LogP contribution in [0.15, 0.2) is 23.1 Å². The lowest BCUT2D eigenvalue weighted by molar-refractivity contribution is 0.188. The number of nitrogens with one attached hydrogen (secondary N) is 1. The molecule has 1 fully saturated rings. The summed E-state index contributed by atoms with van der Waals surface area (Å²) in [7, 11) is -1.70. The Balaban J connectivity index is 2.16. The summed E-state index contributed by atoms with van der Waals surface area (Å²) in [5.41, 5.74) is 5.30. The highest BCUT2D eigenvalue weighted by molar-refractivity contribution is 7.89. The van der Waals surface area contributed by atoms with Crippen LogP contribution in [0, 0.1) is 11.7 Å². The first kappa shape index (κ1) is 15.2. The van der Waals surface area contributed by atoms with E-state index in [0.29, 0.717) is 0 Å². The normalized spacial score (nSPS) is 24.8. The van der Waals surface area contributed by atoms with E-state index in [1.807, 2.05) is 14.0 Å². The van der Waals surface area contributed by atoms with Gasteiger partial charge in [0.15, 0.2) is 0 Å². The molecule has 20 heavy (non-hydrogen) atoms. The van der Waals surface area contributed by atoms with Crippen LogP contribution in [0.1, 0.15) is 13.3 Å². The number of sulfonamides is 1. The SMILES string of the molecule is CC1CN(C)CCC1NS(=O)(=O)c1ccc(N)c(F)c1. The second kappa shape index (κ2) is 5.67. The number of rotatable bonds is 3. The number of benzene rings is 1. The average Bonchev–Trinajstić information content (AvgIpc) is 2.36. The third kappa shape index (κ3) is 3.28. The molecule has 0 bridgehead atoms. The molecule has 0 saturated carbocycles. The van der Waals surface area contributed by atoms with Crippen molar-refractivity contribution in [2.24, 2.45) is 5.92 Å². The van der Waals surface area contributed by atoms with Crippen molar-refractivity contribution >= 4 is 15.7 Å². The van der Waals surface area contributed by atoms with Crippen LogP contribution in [0.3, 0.4) is 0 Å². The second-order valence-corrected chi connectivity index (χ2v) is 7.15. The van der Waals surface area contributed by atoms with Gasteiger partial charge < -0.3 is 10.6 Å². The predicted molar refractivity (Wildman–Crippen MR) is 76.2 cm³/mol. The van der Waals surface area contributed by atoms with E-state index in [0.717, 1.165) is 25.6 Å². The molecule has 1 aromatic carbocycles. The van der Waals surface area contributed by atoms with E-state index in [4.69, 9.17) is 5.73 Å². The van der Waals surface area contributed by atoms with Crippen LogP contribution in [-0.2, 0) is 10.0 Å². The van der Waals surface area contributed by atoms with E-state index in [9.17, 15) is 12.8 Å². The number of nitrogens with zero attached hydrogens (tertiary/aromatic N) is 1. The van der Waals surface area contributed by atoms with Gasteiger partial charge in [0.2, 0.25) is 10.0 Å². The van der Waals surface area contributed by atoms with Crippen molar-refractivity contribution in [3.63, 3.8) is 0 Å². The largest absolute Gasteiger partial charge is 0.396 e. The molecule has 2 unspecified atom stereocenters. The summed E-state index contributed by atoms with van der Waals surface area (Å²) in [6.45, 7) is 3.68. The van der Waals surface area contributed by atoms with Gasteiger partial charge in [0.05, 0.1) is 10.6 Å². The van der Waals surface area contributed by atoms with Gasteiger partial charge in [-0.15, -0.1) is 0 Å². The highest BCUT2D eigenvalue weighted by atomic mass is 32.2. The lowest BCUT2D eigenvalue weighted by atomic mass is 9.95. The molecule has 1 aliphatic heterocycles. The number of hydrogen-bond acceptors (Lipinski definition) is 4. The smallest absolute Gasteiger partial charge is 0.240 e. The van der Waals surface area contributed by atoms with Gasteiger partial charge in [0, 0.05) is 12.6 Å². The lowest BCUT2D eigenvalue weighted by Crippen LogP contribution is -2.48. The van der Waals surface area contributed by atoms with Gasteiger partial charge >= 0.3 is 0 Å². The molecule has 2 atom stereocenters. The molecule has 0 spiro atoms. The Kier molecular flexibility index (Phi) is 4.31. The molecule has 3 N–H and O–H groups in total. The van der Waals surface area contributed by atoms with E-state index in [-0.39, 0.29) is 22.5 Å². The molecule has 2 rings (SSSR count). The molecule has 0 aromatic heterocycles. The fourth-order valence-corrected chi connectivity index (χ4v) is 3.86. The van der Waals surface area contributed by atoms with Crippen molar-refractivity contribution in [1.29, 1.82) is 0 Å². The molecular formula is C13H20FN3O2S. The fraction of sp³-hybridized carbons (Fsp3) is 0.538. The summed E-state index contributed by atoms with van der Waals surface area (Å²) in [6.07, 6.45) is 0.744. The third-order valence-electron chi connectivity index (χ3n) is 3.70. The minimum Gasteiger partial charge on any atom is -0.396 e. The zero-order valence-corrected chi connectivity index (χ0v) is 12.5. The van der Waals surface area contributed by atoms with Gasteiger partial charge in [-0.05, 0) is 44.1 Å². The number of hydrogen-bond donors (Lipinski definition) is 2. The monoisotopic (exact) mass is 301 g/mol. The lowest BCUT2D eigenvalue weighted by Gasteiger charge is -2.34. The zero-order chi connectivity index (χ0) is 14.9. The maximum absolute atomic E-state index is 13.4. The number of likely N-dealkylation sites (tertiary alicyclic amines) is 1. The molecule has 5 nitrogen and oxygen atoms in total. The number of nitrogens with two attached hydrogens (primary N) is 1. The highest BCUT2D eigenvalue weighted by Crippen LogP contribution is 2.20. The van der Waals surface area contributed by atoms with E-state index in [1.165, 1.54) is 12.1 Å². The van der Waals surface area contributed by atoms with Gasteiger partial charge in [0.1, 0.15) is 5.82 Å². The Morgan fingerprint density at radius 2 is 2.15 bits per heavy atom. The van der Waals surface area contributed by atoms with Crippen molar-refractivity contribution < 1.29 is 12.8 Å². The summed E-state index contributed by atoms with van der Waals surface area (Å²) in [6, 6.07) is 3.41. The first-order valence-corrected chi connectivity index (χ1v) is 8.04. The highest BCUT2D eigenvalue weighted by Gasteiger charge is 2.28. The summed E-state index contributed by atoms with van der Waals surface area (Å²) < 4.78 is 40.6. The van der Waals surface area contributed by atoms with Gasteiger partial charge in [-0.3, -0.25) is 0 Å². The molecule has 0 aliphatic carbocycles. The summed E-state index contributed by atoms with van der Waals surface area (Å²) >= 11 is 0. The van der Waals surface area contributed by atoms with Crippen LogP contribution in [0.2, 0.25) is 0 Å². The number of nitrogen functional groups attached to an aromatic ring is 1. The Labute approximate surface area is 119 Å². The quantitative estimate of drug-likeness (QED) is 0.818. The Bertz CT molecular complexity index is 591. The standard InChI is InChI=1S/C13H20FN3O2S/c1-9-8-17(2)6-5-13(9)16-20(18,19)10-3-4-12(15)11(14)7-10/h3-4,7,9,13,16H,5-6,8,15H2,1-2H3.